The van der Waals surface area contributed by atoms with E-state index in [1.165, 1.54) is 11.1 Å². The zero-order chi connectivity index (χ0) is 10.6. The third-order valence-electron chi connectivity index (χ3n) is 2.40. The van der Waals surface area contributed by atoms with Crippen LogP contribution in [0.4, 0.5) is 5.69 Å². The van der Waals surface area contributed by atoms with Gasteiger partial charge in [-0.3, -0.25) is 0 Å². The van der Waals surface area contributed by atoms with Crippen LogP contribution in [0.15, 0.2) is 24.8 Å². The third kappa shape index (κ3) is 2.15. The highest BCUT2D eigenvalue weighted by molar-refractivity contribution is 5.57. The molecule has 3 N–H and O–H groups in total. The number of hydrogen-bond acceptors (Lipinski definition) is 2. The normalized spacial score (nSPS) is 10.1. The van der Waals surface area contributed by atoms with E-state index in [4.69, 9.17) is 5.73 Å². The second kappa shape index (κ2) is 4.82. The number of nitrogens with one attached hydrogen (secondary N) is 1. The Bertz CT molecular complexity index is 329. The molecule has 0 atom stereocenters. The maximum atomic E-state index is 6.07. The summed E-state index contributed by atoms with van der Waals surface area (Å²) in [5, 5.41) is 3.13. The van der Waals surface area contributed by atoms with Crippen LogP contribution in [-0.2, 0) is 13.0 Å². The molecule has 1 aromatic rings. The van der Waals surface area contributed by atoms with Crippen molar-refractivity contribution in [3.63, 3.8) is 0 Å². The fourth-order valence-electron chi connectivity index (χ4n) is 1.57. The third-order valence-corrected chi connectivity index (χ3v) is 2.40. The Hall–Kier alpha value is -1.28. The maximum Gasteiger partial charge on any atom is 0.0398 e. The van der Waals surface area contributed by atoms with Crippen LogP contribution in [0.5, 0.6) is 0 Å². The predicted molar refractivity (Wildman–Crippen MR) is 62.3 cm³/mol. The summed E-state index contributed by atoms with van der Waals surface area (Å²) in [6, 6.07) is 4.19. The largest absolute Gasteiger partial charge is 0.398 e. The molecule has 0 bridgehead atoms. The Morgan fingerprint density at radius 3 is 2.79 bits per heavy atom. The Kier molecular flexibility index (Phi) is 3.72. The van der Waals surface area contributed by atoms with E-state index >= 15 is 0 Å². The number of benzene rings is 1. The minimum Gasteiger partial charge on any atom is -0.398 e. The van der Waals surface area contributed by atoms with Crippen molar-refractivity contribution < 1.29 is 0 Å². The second-order valence-electron chi connectivity index (χ2n) is 3.46. The van der Waals surface area contributed by atoms with Crippen molar-refractivity contribution in [1.82, 2.24) is 5.32 Å². The number of hydrogen-bond donors (Lipinski definition) is 2. The fourth-order valence-corrected chi connectivity index (χ4v) is 1.57. The quantitative estimate of drug-likeness (QED) is 0.563. The summed E-state index contributed by atoms with van der Waals surface area (Å²) in [6.07, 6.45) is 2.72. The number of anilines is 1. The van der Waals surface area contributed by atoms with Crippen molar-refractivity contribution in [2.75, 3.05) is 12.8 Å². The van der Waals surface area contributed by atoms with Crippen LogP contribution in [0.1, 0.15) is 16.7 Å². The first-order valence-corrected chi connectivity index (χ1v) is 4.83. The molecule has 0 aliphatic rings. The van der Waals surface area contributed by atoms with E-state index in [0.717, 1.165) is 24.2 Å². The highest BCUT2D eigenvalue weighted by Gasteiger charge is 2.06. The first kappa shape index (κ1) is 10.8. The summed E-state index contributed by atoms with van der Waals surface area (Å²) in [5.74, 6) is 0. The molecule has 14 heavy (non-hydrogen) atoms. The predicted octanol–water partition coefficient (Wildman–Crippen LogP) is 2.03. The van der Waals surface area contributed by atoms with Gasteiger partial charge in [-0.1, -0.05) is 18.2 Å². The van der Waals surface area contributed by atoms with Crippen molar-refractivity contribution in [2.24, 2.45) is 0 Å². The number of nitrogens with two attached hydrogens (primary N) is 1. The minimum atomic E-state index is 0.822. The summed E-state index contributed by atoms with van der Waals surface area (Å²) in [6.45, 7) is 6.63. The van der Waals surface area contributed by atoms with Crippen LogP contribution in [0.2, 0.25) is 0 Å². The maximum absolute atomic E-state index is 6.07. The smallest absolute Gasteiger partial charge is 0.0398 e. The number of nitrogen functional groups attached to an aromatic ring is 1. The van der Waals surface area contributed by atoms with E-state index in [9.17, 15) is 0 Å². The lowest BCUT2D eigenvalue weighted by atomic mass is 10.00. The Labute approximate surface area is 85.8 Å². The summed E-state index contributed by atoms with van der Waals surface area (Å²) in [4.78, 5) is 0. The van der Waals surface area contributed by atoms with Crippen LogP contribution < -0.4 is 11.1 Å². The number of rotatable bonds is 4. The van der Waals surface area contributed by atoms with Crippen molar-refractivity contribution in [2.45, 2.75) is 19.9 Å². The van der Waals surface area contributed by atoms with Gasteiger partial charge in [-0.2, -0.15) is 0 Å². The zero-order valence-corrected chi connectivity index (χ0v) is 8.93. The summed E-state index contributed by atoms with van der Waals surface area (Å²) >= 11 is 0. The van der Waals surface area contributed by atoms with Gasteiger partial charge >= 0.3 is 0 Å². The molecule has 1 rings (SSSR count). The first-order chi connectivity index (χ1) is 6.70. The molecule has 0 unspecified atom stereocenters. The Balaban J connectivity index is 3.11. The van der Waals surface area contributed by atoms with Crippen molar-refractivity contribution >= 4 is 5.69 Å². The standard InChI is InChI=1S/C12H18N2/c1-4-5-10-7-6-9(2)11(8-14-3)12(10)13/h4,6-7,14H,1,5,8,13H2,2-3H3. The van der Waals surface area contributed by atoms with E-state index < -0.39 is 0 Å². The van der Waals surface area contributed by atoms with Gasteiger partial charge in [-0.05, 0) is 37.1 Å². The molecule has 0 heterocycles. The van der Waals surface area contributed by atoms with E-state index in [1.807, 2.05) is 13.1 Å². The Morgan fingerprint density at radius 1 is 1.50 bits per heavy atom. The van der Waals surface area contributed by atoms with Gasteiger partial charge in [0.25, 0.3) is 0 Å². The second-order valence-corrected chi connectivity index (χ2v) is 3.46. The molecule has 1 aromatic carbocycles. The first-order valence-electron chi connectivity index (χ1n) is 4.83. The molecule has 0 aromatic heterocycles. The molecule has 2 heteroatoms. The molecule has 0 aliphatic carbocycles. The van der Waals surface area contributed by atoms with Gasteiger partial charge in [0.1, 0.15) is 0 Å². The van der Waals surface area contributed by atoms with Gasteiger partial charge in [0, 0.05) is 12.2 Å². The van der Waals surface area contributed by atoms with Crippen LogP contribution in [0.3, 0.4) is 0 Å². The SMILES string of the molecule is C=CCc1ccc(C)c(CNC)c1N. The van der Waals surface area contributed by atoms with E-state index in [0.29, 0.717) is 0 Å². The average molecular weight is 190 g/mol. The van der Waals surface area contributed by atoms with Gasteiger partial charge < -0.3 is 11.1 Å². The highest BCUT2D eigenvalue weighted by Crippen LogP contribution is 2.22. The van der Waals surface area contributed by atoms with Gasteiger partial charge in [0.15, 0.2) is 0 Å². The molecule has 0 saturated carbocycles. The topological polar surface area (TPSA) is 38.0 Å². The summed E-state index contributed by atoms with van der Waals surface area (Å²) in [7, 11) is 1.93. The number of aryl methyl sites for hydroxylation is 1. The highest BCUT2D eigenvalue weighted by atomic mass is 14.8. The summed E-state index contributed by atoms with van der Waals surface area (Å²) < 4.78 is 0. The van der Waals surface area contributed by atoms with E-state index in [-0.39, 0.29) is 0 Å². The van der Waals surface area contributed by atoms with Crippen LogP contribution >= 0.6 is 0 Å². The monoisotopic (exact) mass is 190 g/mol. The van der Waals surface area contributed by atoms with E-state index in [2.05, 4.69) is 31.0 Å². The average Bonchev–Trinajstić information content (AvgIpc) is 2.17. The van der Waals surface area contributed by atoms with Gasteiger partial charge in [-0.15, -0.1) is 6.58 Å². The molecular weight excluding hydrogens is 172 g/mol. The Morgan fingerprint density at radius 2 is 2.21 bits per heavy atom. The summed E-state index contributed by atoms with van der Waals surface area (Å²) in [5.41, 5.74) is 10.6. The van der Waals surface area contributed by atoms with Gasteiger partial charge in [-0.25, -0.2) is 0 Å². The molecular formula is C12H18N2. The molecule has 0 spiro atoms. The lowest BCUT2D eigenvalue weighted by Gasteiger charge is -2.12. The van der Waals surface area contributed by atoms with Crippen LogP contribution in [0, 0.1) is 6.92 Å². The van der Waals surface area contributed by atoms with E-state index in [1.54, 1.807) is 0 Å². The van der Waals surface area contributed by atoms with Crippen molar-refractivity contribution in [1.29, 1.82) is 0 Å². The van der Waals surface area contributed by atoms with Crippen LogP contribution in [-0.4, -0.2) is 7.05 Å². The zero-order valence-electron chi connectivity index (χ0n) is 8.93. The molecule has 0 saturated heterocycles. The molecule has 0 aliphatic heterocycles. The van der Waals surface area contributed by atoms with Crippen LogP contribution in [0.25, 0.3) is 0 Å². The van der Waals surface area contributed by atoms with Gasteiger partial charge in [0.2, 0.25) is 0 Å². The van der Waals surface area contributed by atoms with Crippen molar-refractivity contribution in [3.8, 4) is 0 Å². The minimum absolute atomic E-state index is 0.822. The molecule has 2 nitrogen and oxygen atoms in total. The molecule has 0 fully saturated rings. The number of allylic oxidation sites excluding steroid dienone is 1. The fraction of sp³-hybridized carbons (Fsp3) is 0.333. The molecule has 0 amide bonds. The lowest BCUT2D eigenvalue weighted by Crippen LogP contribution is -2.10. The van der Waals surface area contributed by atoms with Crippen molar-refractivity contribution in [3.05, 3.63) is 41.5 Å². The lowest BCUT2D eigenvalue weighted by molar-refractivity contribution is 0.813. The van der Waals surface area contributed by atoms with Gasteiger partial charge in [0.05, 0.1) is 0 Å². The molecule has 76 valence electrons. The molecule has 0 radical (unpaired) electrons.